The third kappa shape index (κ3) is 2.13. The van der Waals surface area contributed by atoms with E-state index in [2.05, 4.69) is 50.0 Å². The van der Waals surface area contributed by atoms with Gasteiger partial charge in [-0.05, 0) is 36.2 Å². The smallest absolute Gasteiger partial charge is 0.227 e. The molecule has 0 spiro atoms. The second-order valence-corrected chi connectivity index (χ2v) is 7.32. The van der Waals surface area contributed by atoms with Crippen LogP contribution in [0.25, 0.3) is 22.4 Å². The zero-order chi connectivity index (χ0) is 17.1. The number of aromatic amines is 1. The summed E-state index contributed by atoms with van der Waals surface area (Å²) in [5.41, 5.74) is 6.13. The van der Waals surface area contributed by atoms with Crippen LogP contribution in [0, 0.1) is 6.92 Å². The number of aryl methyl sites for hydroxylation is 1. The summed E-state index contributed by atoms with van der Waals surface area (Å²) in [7, 11) is 1.85. The molecule has 0 atom stereocenters. The summed E-state index contributed by atoms with van der Waals surface area (Å²) >= 11 is 0. The Morgan fingerprint density at radius 1 is 1.21 bits per heavy atom. The minimum Gasteiger partial charge on any atom is -0.338 e. The molecule has 0 saturated heterocycles. The lowest BCUT2D eigenvalue weighted by atomic mass is 9.76. The lowest BCUT2D eigenvalue weighted by Gasteiger charge is -2.37. The summed E-state index contributed by atoms with van der Waals surface area (Å²) in [6.07, 6.45) is 0.527. The Labute approximate surface area is 141 Å². The number of fused-ring (bicyclic) bond motifs is 2. The summed E-state index contributed by atoms with van der Waals surface area (Å²) in [6, 6.07) is 12.4. The van der Waals surface area contributed by atoms with E-state index in [1.807, 2.05) is 19.2 Å². The molecule has 4 rings (SSSR count). The van der Waals surface area contributed by atoms with Gasteiger partial charge < -0.3 is 9.88 Å². The van der Waals surface area contributed by atoms with E-state index in [0.717, 1.165) is 28.1 Å². The number of hydrogen-bond acceptors (Lipinski definition) is 2. The molecule has 1 N–H and O–H groups in total. The maximum absolute atomic E-state index is 12.5. The van der Waals surface area contributed by atoms with Crippen LogP contribution in [0.3, 0.4) is 0 Å². The van der Waals surface area contributed by atoms with Gasteiger partial charge in [0.15, 0.2) is 0 Å². The molecule has 0 radical (unpaired) electrons. The number of anilines is 1. The Balaban J connectivity index is 1.97. The van der Waals surface area contributed by atoms with Crippen molar-refractivity contribution in [3.63, 3.8) is 0 Å². The fraction of sp³-hybridized carbons (Fsp3) is 0.300. The van der Waals surface area contributed by atoms with Crippen molar-refractivity contribution in [2.45, 2.75) is 32.6 Å². The van der Waals surface area contributed by atoms with Gasteiger partial charge in [-0.1, -0.05) is 32.0 Å². The molecule has 0 unspecified atom stereocenters. The van der Waals surface area contributed by atoms with Crippen molar-refractivity contribution in [1.82, 2.24) is 9.97 Å². The molecule has 0 saturated carbocycles. The third-order valence-electron chi connectivity index (χ3n) is 4.96. The average Bonchev–Trinajstić information content (AvgIpc) is 2.94. The Morgan fingerprint density at radius 2 is 2.00 bits per heavy atom. The minimum absolute atomic E-state index is 0.145. The first-order valence-corrected chi connectivity index (χ1v) is 8.23. The zero-order valence-electron chi connectivity index (χ0n) is 14.5. The summed E-state index contributed by atoms with van der Waals surface area (Å²) in [5.74, 6) is 0.955. The minimum atomic E-state index is -0.169. The lowest BCUT2D eigenvalue weighted by Crippen LogP contribution is -2.39. The van der Waals surface area contributed by atoms with Gasteiger partial charge in [0, 0.05) is 24.4 Å². The van der Waals surface area contributed by atoms with Crippen LogP contribution >= 0.6 is 0 Å². The van der Waals surface area contributed by atoms with Gasteiger partial charge in [-0.15, -0.1) is 0 Å². The summed E-state index contributed by atoms with van der Waals surface area (Å²) in [4.78, 5) is 22.4. The van der Waals surface area contributed by atoms with Gasteiger partial charge in [-0.3, -0.25) is 4.79 Å². The molecule has 122 valence electrons. The molecule has 1 amide bonds. The van der Waals surface area contributed by atoms with Crippen LogP contribution < -0.4 is 4.90 Å². The van der Waals surface area contributed by atoms with Gasteiger partial charge in [0.1, 0.15) is 5.82 Å². The number of H-pyrrole nitrogens is 1. The van der Waals surface area contributed by atoms with Crippen molar-refractivity contribution >= 4 is 22.6 Å². The van der Waals surface area contributed by atoms with Gasteiger partial charge in [0.05, 0.1) is 16.7 Å². The van der Waals surface area contributed by atoms with Crippen LogP contribution in [0.15, 0.2) is 36.4 Å². The quantitative estimate of drug-likeness (QED) is 0.731. The highest BCUT2D eigenvalue weighted by molar-refractivity contribution is 6.01. The molecular formula is C20H21N3O. The van der Waals surface area contributed by atoms with E-state index in [1.54, 1.807) is 4.90 Å². The highest BCUT2D eigenvalue weighted by Gasteiger charge is 2.36. The monoisotopic (exact) mass is 319 g/mol. The fourth-order valence-electron chi connectivity index (χ4n) is 3.61. The van der Waals surface area contributed by atoms with Crippen molar-refractivity contribution in [2.24, 2.45) is 0 Å². The number of nitrogens with one attached hydrogen (secondary N) is 1. The number of para-hydroxylation sites is 1. The van der Waals surface area contributed by atoms with Crippen molar-refractivity contribution in [3.8, 4) is 11.4 Å². The molecule has 1 aliphatic rings. The number of carbonyl (C=O) groups excluding carboxylic acids is 1. The Hall–Kier alpha value is -2.62. The van der Waals surface area contributed by atoms with E-state index in [4.69, 9.17) is 4.98 Å². The largest absolute Gasteiger partial charge is 0.338 e. The normalized spacial score (nSPS) is 16.5. The van der Waals surface area contributed by atoms with Crippen LogP contribution in [0.4, 0.5) is 5.69 Å². The number of aromatic nitrogens is 2. The predicted molar refractivity (Wildman–Crippen MR) is 97.3 cm³/mol. The van der Waals surface area contributed by atoms with E-state index >= 15 is 0 Å². The number of rotatable bonds is 1. The molecule has 4 heteroatoms. The molecule has 2 aromatic carbocycles. The Kier molecular flexibility index (Phi) is 3.07. The van der Waals surface area contributed by atoms with E-state index in [9.17, 15) is 4.79 Å². The Bertz CT molecular complexity index is 968. The number of benzene rings is 2. The molecule has 3 aromatic rings. The molecule has 0 bridgehead atoms. The molecule has 1 aliphatic heterocycles. The van der Waals surface area contributed by atoms with E-state index in [0.29, 0.717) is 6.42 Å². The summed E-state index contributed by atoms with van der Waals surface area (Å²) in [6.45, 7) is 6.32. The molecule has 1 aromatic heterocycles. The number of nitrogens with zero attached hydrogens (tertiary/aromatic N) is 2. The number of carbonyl (C=O) groups is 1. The highest BCUT2D eigenvalue weighted by Crippen LogP contribution is 2.44. The first kappa shape index (κ1) is 14.9. The van der Waals surface area contributed by atoms with Crippen LogP contribution in [-0.2, 0) is 10.2 Å². The van der Waals surface area contributed by atoms with Gasteiger partial charge in [0.2, 0.25) is 5.91 Å². The van der Waals surface area contributed by atoms with Crippen molar-refractivity contribution in [2.75, 3.05) is 11.9 Å². The molecular weight excluding hydrogens is 298 g/mol. The van der Waals surface area contributed by atoms with Gasteiger partial charge in [0.25, 0.3) is 0 Å². The summed E-state index contributed by atoms with van der Waals surface area (Å²) < 4.78 is 0. The average molecular weight is 319 g/mol. The topological polar surface area (TPSA) is 49.0 Å². The van der Waals surface area contributed by atoms with Crippen LogP contribution in [0.2, 0.25) is 0 Å². The maximum atomic E-state index is 12.5. The van der Waals surface area contributed by atoms with Gasteiger partial charge in [-0.2, -0.15) is 0 Å². The molecule has 0 aliphatic carbocycles. The number of hydrogen-bond donors (Lipinski definition) is 1. The predicted octanol–water partition coefficient (Wildman–Crippen LogP) is 4.18. The maximum Gasteiger partial charge on any atom is 0.227 e. The van der Waals surface area contributed by atoms with Crippen LogP contribution in [-0.4, -0.2) is 22.9 Å². The standard InChI is InChI=1S/C20H21N3O/c1-12-8-9-15-16(10-12)22-19(21-15)13-6-5-7-14-18(13)23(4)17(24)11-20(14,2)3/h5-10H,11H2,1-4H3,(H,21,22). The van der Waals surface area contributed by atoms with Crippen LogP contribution in [0.1, 0.15) is 31.4 Å². The molecule has 4 nitrogen and oxygen atoms in total. The van der Waals surface area contributed by atoms with E-state index < -0.39 is 0 Å². The Morgan fingerprint density at radius 3 is 2.79 bits per heavy atom. The van der Waals surface area contributed by atoms with Crippen molar-refractivity contribution in [3.05, 3.63) is 47.5 Å². The first-order valence-electron chi connectivity index (χ1n) is 8.23. The zero-order valence-corrected chi connectivity index (χ0v) is 14.5. The fourth-order valence-corrected chi connectivity index (χ4v) is 3.61. The van der Waals surface area contributed by atoms with Crippen molar-refractivity contribution in [1.29, 1.82) is 0 Å². The second-order valence-electron chi connectivity index (χ2n) is 7.32. The highest BCUT2D eigenvalue weighted by atomic mass is 16.2. The van der Waals surface area contributed by atoms with Gasteiger partial charge >= 0.3 is 0 Å². The molecule has 0 fully saturated rings. The van der Waals surface area contributed by atoms with E-state index in [1.165, 1.54) is 11.1 Å². The second kappa shape index (κ2) is 4.94. The number of imidazole rings is 1. The third-order valence-corrected chi connectivity index (χ3v) is 4.96. The van der Waals surface area contributed by atoms with E-state index in [-0.39, 0.29) is 11.3 Å². The SMILES string of the molecule is Cc1ccc2nc(-c3cccc4c3N(C)C(=O)CC4(C)C)[nH]c2c1. The molecule has 2 heterocycles. The van der Waals surface area contributed by atoms with Gasteiger partial charge in [-0.25, -0.2) is 4.98 Å². The number of amides is 1. The molecule has 24 heavy (non-hydrogen) atoms. The summed E-state index contributed by atoms with van der Waals surface area (Å²) in [5, 5.41) is 0. The first-order chi connectivity index (χ1) is 11.4. The van der Waals surface area contributed by atoms with Crippen molar-refractivity contribution < 1.29 is 4.79 Å². The lowest BCUT2D eigenvalue weighted by molar-refractivity contribution is -0.119. The van der Waals surface area contributed by atoms with Crippen LogP contribution in [0.5, 0.6) is 0 Å².